The topological polar surface area (TPSA) is 74.3 Å². The predicted octanol–water partition coefficient (Wildman–Crippen LogP) is 2.29. The third-order valence-corrected chi connectivity index (χ3v) is 6.94. The molecule has 0 aromatic rings. The molecule has 4 aliphatic rings. The minimum atomic E-state index is -0.748. The van der Waals surface area contributed by atoms with Gasteiger partial charge in [-0.05, 0) is 37.5 Å². The average Bonchev–Trinajstić information content (AvgIpc) is 3.01. The third kappa shape index (κ3) is 3.55. The van der Waals surface area contributed by atoms with Crippen molar-refractivity contribution in [2.75, 3.05) is 26.3 Å². The molecule has 4 fully saturated rings. The summed E-state index contributed by atoms with van der Waals surface area (Å²) in [6, 6.07) is 0. The minimum Gasteiger partial charge on any atom is -0.364 e. The number of hydrogen-bond donors (Lipinski definition) is 0. The normalized spacial score (nSPS) is 40.4. The lowest BCUT2D eigenvalue weighted by atomic mass is 9.62. The fourth-order valence-corrected chi connectivity index (χ4v) is 5.70. The summed E-state index contributed by atoms with van der Waals surface area (Å²) in [5, 5.41) is 0. The van der Waals surface area contributed by atoms with Gasteiger partial charge in [0.2, 0.25) is 17.5 Å². The lowest BCUT2D eigenvalue weighted by molar-refractivity contribution is -0.380. The molecule has 2 saturated heterocycles. The Morgan fingerprint density at radius 1 is 1.15 bits per heavy atom. The van der Waals surface area contributed by atoms with Crippen LogP contribution >= 0.6 is 0 Å². The number of ether oxygens (including phenoxy) is 2. The highest BCUT2D eigenvalue weighted by molar-refractivity contribution is 5.77. The Morgan fingerprint density at radius 2 is 1.93 bits per heavy atom. The van der Waals surface area contributed by atoms with E-state index in [0.717, 1.165) is 25.2 Å². The van der Waals surface area contributed by atoms with Gasteiger partial charge < -0.3 is 19.2 Å². The van der Waals surface area contributed by atoms with Crippen LogP contribution in [0.5, 0.6) is 0 Å². The monoisotopic (exact) mass is 381 g/mol. The number of fused-ring (bicyclic) bond motifs is 3. The number of likely N-dealkylation sites (tertiary alicyclic amines) is 1. The molecule has 2 aliphatic heterocycles. The van der Waals surface area contributed by atoms with Crippen molar-refractivity contribution >= 4 is 12.2 Å². The average molecular weight is 381 g/mol. The van der Waals surface area contributed by atoms with Gasteiger partial charge in [0.1, 0.15) is 19.5 Å². The van der Waals surface area contributed by atoms with Crippen molar-refractivity contribution in [3.05, 3.63) is 0 Å². The van der Waals surface area contributed by atoms with Crippen LogP contribution in [0.4, 0.5) is 0 Å². The molecule has 2 heterocycles. The Balaban J connectivity index is 1.38. The standard InChI is InChI=1S/C20H31NO6/c1-14-9-16-11-15(2)20(17(10-14)12-16)25-19(26-27-20)3-5-21(6-4-19)18(23)13-24-8-7-22/h7,14-17H,3-6,8-13H2,1-2H3. The van der Waals surface area contributed by atoms with Gasteiger partial charge in [0, 0.05) is 37.8 Å². The van der Waals surface area contributed by atoms with Gasteiger partial charge in [0.15, 0.2) is 0 Å². The van der Waals surface area contributed by atoms with Gasteiger partial charge in [-0.25, -0.2) is 0 Å². The van der Waals surface area contributed by atoms with Crippen LogP contribution in [0.15, 0.2) is 0 Å². The van der Waals surface area contributed by atoms with E-state index in [9.17, 15) is 9.59 Å². The van der Waals surface area contributed by atoms with E-state index in [2.05, 4.69) is 13.8 Å². The van der Waals surface area contributed by atoms with Gasteiger partial charge >= 0.3 is 0 Å². The first kappa shape index (κ1) is 19.3. The number of nitrogens with zero attached hydrogens (tertiary/aromatic N) is 1. The second-order valence-electron chi connectivity index (χ2n) is 8.98. The Hall–Kier alpha value is -1.02. The minimum absolute atomic E-state index is 0.0508. The predicted molar refractivity (Wildman–Crippen MR) is 95.2 cm³/mol. The molecule has 7 nitrogen and oxygen atoms in total. The molecule has 0 N–H and O–H groups in total. The molecule has 0 aromatic heterocycles. The van der Waals surface area contributed by atoms with Crippen LogP contribution in [0.1, 0.15) is 52.4 Å². The molecule has 2 aliphatic carbocycles. The second kappa shape index (κ2) is 7.43. The summed E-state index contributed by atoms with van der Waals surface area (Å²) in [6.45, 7) is 5.52. The Labute approximate surface area is 160 Å². The highest BCUT2D eigenvalue weighted by atomic mass is 17.3. The smallest absolute Gasteiger partial charge is 0.248 e. The van der Waals surface area contributed by atoms with Gasteiger partial charge in [-0.2, -0.15) is 9.78 Å². The molecule has 0 radical (unpaired) electrons. The van der Waals surface area contributed by atoms with E-state index in [1.165, 1.54) is 6.42 Å². The summed E-state index contributed by atoms with van der Waals surface area (Å²) in [5.41, 5.74) is 0. The maximum absolute atomic E-state index is 12.2. The molecular weight excluding hydrogens is 350 g/mol. The SMILES string of the molecule is CC1CC2CC(C)C3(OOC4(CCN(C(=O)COCC=O)CC4)O3)C(C1)C2. The van der Waals surface area contributed by atoms with Crippen LogP contribution in [0.25, 0.3) is 0 Å². The van der Waals surface area contributed by atoms with E-state index in [-0.39, 0.29) is 19.1 Å². The number of amides is 1. The zero-order valence-corrected chi connectivity index (χ0v) is 16.4. The first-order chi connectivity index (χ1) is 13.0. The molecule has 7 heteroatoms. The molecule has 152 valence electrons. The molecule has 2 saturated carbocycles. The van der Waals surface area contributed by atoms with E-state index in [1.807, 2.05) is 0 Å². The molecule has 4 rings (SSSR count). The zero-order chi connectivity index (χ0) is 19.1. The molecule has 0 aromatic carbocycles. The lowest BCUT2D eigenvalue weighted by Crippen LogP contribution is -2.55. The summed E-state index contributed by atoms with van der Waals surface area (Å²) in [6.07, 6.45) is 6.55. The van der Waals surface area contributed by atoms with Crippen LogP contribution in [-0.2, 0) is 28.8 Å². The van der Waals surface area contributed by atoms with Crippen LogP contribution in [-0.4, -0.2) is 55.0 Å². The molecule has 2 bridgehead atoms. The number of rotatable bonds is 4. The third-order valence-electron chi connectivity index (χ3n) is 6.94. The van der Waals surface area contributed by atoms with E-state index in [4.69, 9.17) is 19.2 Å². The second-order valence-corrected chi connectivity index (χ2v) is 8.98. The van der Waals surface area contributed by atoms with Gasteiger partial charge in [-0.1, -0.05) is 13.8 Å². The highest BCUT2D eigenvalue weighted by Gasteiger charge is 2.63. The van der Waals surface area contributed by atoms with Crippen molar-refractivity contribution < 1.29 is 28.8 Å². The first-order valence-electron chi connectivity index (χ1n) is 10.3. The fourth-order valence-electron chi connectivity index (χ4n) is 5.70. The Bertz CT molecular complexity index is 571. The van der Waals surface area contributed by atoms with Gasteiger partial charge in [0.05, 0.1) is 0 Å². The molecule has 5 atom stereocenters. The summed E-state index contributed by atoms with van der Waals surface area (Å²) >= 11 is 0. The molecule has 2 spiro atoms. The van der Waals surface area contributed by atoms with E-state index >= 15 is 0 Å². The van der Waals surface area contributed by atoms with Gasteiger partial charge in [-0.3, -0.25) is 4.79 Å². The van der Waals surface area contributed by atoms with Crippen molar-refractivity contribution in [3.8, 4) is 0 Å². The summed E-state index contributed by atoms with van der Waals surface area (Å²) in [5.74, 6) is 0.680. The first-order valence-corrected chi connectivity index (χ1v) is 10.3. The number of carbonyl (C=O) groups excluding carboxylic acids is 2. The molecular formula is C20H31NO6. The lowest BCUT2D eigenvalue weighted by Gasteiger charge is -2.50. The number of piperidine rings is 1. The molecule has 1 amide bonds. The number of aldehydes is 1. The molecule has 5 unspecified atom stereocenters. The van der Waals surface area contributed by atoms with Crippen LogP contribution in [0, 0.1) is 23.7 Å². The fraction of sp³-hybridized carbons (Fsp3) is 0.900. The van der Waals surface area contributed by atoms with Crippen LogP contribution in [0.3, 0.4) is 0 Å². The van der Waals surface area contributed by atoms with Gasteiger partial charge in [-0.15, -0.1) is 0 Å². The van der Waals surface area contributed by atoms with Crippen molar-refractivity contribution in [3.63, 3.8) is 0 Å². The Kier molecular flexibility index (Phi) is 5.31. The van der Waals surface area contributed by atoms with Gasteiger partial charge in [0.25, 0.3) is 0 Å². The molecule has 27 heavy (non-hydrogen) atoms. The van der Waals surface area contributed by atoms with Crippen LogP contribution < -0.4 is 0 Å². The quantitative estimate of drug-likeness (QED) is 0.423. The summed E-state index contributed by atoms with van der Waals surface area (Å²) in [4.78, 5) is 36.1. The number of hydrogen-bond acceptors (Lipinski definition) is 6. The van der Waals surface area contributed by atoms with Crippen LogP contribution in [0.2, 0.25) is 0 Å². The summed E-state index contributed by atoms with van der Waals surface area (Å²) in [7, 11) is 0. The number of carbonyl (C=O) groups is 2. The van der Waals surface area contributed by atoms with E-state index in [1.54, 1.807) is 4.90 Å². The Morgan fingerprint density at radius 3 is 2.67 bits per heavy atom. The highest BCUT2D eigenvalue weighted by Crippen LogP contribution is 2.57. The largest absolute Gasteiger partial charge is 0.364 e. The van der Waals surface area contributed by atoms with Crippen molar-refractivity contribution in [2.24, 2.45) is 23.7 Å². The van der Waals surface area contributed by atoms with E-state index < -0.39 is 11.6 Å². The van der Waals surface area contributed by atoms with Crippen molar-refractivity contribution in [1.29, 1.82) is 0 Å². The summed E-state index contributed by atoms with van der Waals surface area (Å²) < 4.78 is 11.7. The zero-order valence-electron chi connectivity index (χ0n) is 16.4. The maximum Gasteiger partial charge on any atom is 0.248 e. The van der Waals surface area contributed by atoms with Crippen molar-refractivity contribution in [2.45, 2.75) is 63.9 Å². The van der Waals surface area contributed by atoms with Crippen molar-refractivity contribution in [1.82, 2.24) is 4.90 Å². The van der Waals surface area contributed by atoms with E-state index in [0.29, 0.717) is 50.0 Å². The maximum atomic E-state index is 12.2.